The van der Waals surface area contributed by atoms with Crippen LogP contribution in [0.4, 0.5) is 0 Å². The van der Waals surface area contributed by atoms with Gasteiger partial charge in [-0.1, -0.05) is 45.4 Å². The van der Waals surface area contributed by atoms with Gasteiger partial charge in [0.15, 0.2) is 0 Å². The van der Waals surface area contributed by atoms with E-state index in [2.05, 4.69) is 6.92 Å². The Morgan fingerprint density at radius 2 is 1.80 bits per heavy atom. The van der Waals surface area contributed by atoms with Gasteiger partial charge in [-0.05, 0) is 51.4 Å². The van der Waals surface area contributed by atoms with Crippen molar-refractivity contribution >= 4 is 11.8 Å². The molecule has 0 aromatic carbocycles. The van der Waals surface area contributed by atoms with E-state index in [0.717, 1.165) is 64.2 Å². The molecule has 0 aromatic heterocycles. The van der Waals surface area contributed by atoms with Crippen LogP contribution in [0, 0.1) is 11.8 Å². The zero-order chi connectivity index (χ0) is 18.7. The van der Waals surface area contributed by atoms with Crippen LogP contribution in [0.2, 0.25) is 0 Å². The fourth-order valence-electron chi connectivity index (χ4n) is 4.09. The third-order valence-corrected chi connectivity index (χ3v) is 5.77. The van der Waals surface area contributed by atoms with E-state index in [0.29, 0.717) is 18.1 Å². The van der Waals surface area contributed by atoms with Gasteiger partial charge in [-0.15, -0.1) is 0 Å². The molecule has 0 amide bonds. The predicted molar refractivity (Wildman–Crippen MR) is 101 cm³/mol. The van der Waals surface area contributed by atoms with Crippen LogP contribution in [0.25, 0.3) is 0 Å². The van der Waals surface area contributed by atoms with Crippen LogP contribution in [0.15, 0.2) is 0 Å². The highest BCUT2D eigenvalue weighted by atomic mass is 16.4. The number of aliphatic hydroxyl groups is 1. The number of hydrogen-bond donors (Lipinski definition) is 2. The molecule has 1 aliphatic carbocycles. The van der Waals surface area contributed by atoms with Crippen LogP contribution in [0.1, 0.15) is 104 Å². The minimum atomic E-state index is -0.725. The van der Waals surface area contributed by atoms with Gasteiger partial charge in [0.2, 0.25) is 0 Å². The molecule has 0 aromatic rings. The van der Waals surface area contributed by atoms with Crippen molar-refractivity contribution in [3.63, 3.8) is 0 Å². The highest BCUT2D eigenvalue weighted by Crippen LogP contribution is 2.37. The molecule has 0 heterocycles. The standard InChI is InChI=1S/C21H38O4/c1-3-4-9-15-21(2,25)16-14-17-12-13-19(22)18(17)10-7-5-6-8-11-20(23)24/h17-18,25H,3-16H2,1-2H3,(H,23,24)/t17-,18+,21-/m0/s1. The lowest BCUT2D eigenvalue weighted by atomic mass is 9.83. The monoisotopic (exact) mass is 354 g/mol. The first-order valence-electron chi connectivity index (χ1n) is 10.3. The van der Waals surface area contributed by atoms with Crippen molar-refractivity contribution in [1.82, 2.24) is 0 Å². The van der Waals surface area contributed by atoms with Gasteiger partial charge in [0.05, 0.1) is 5.60 Å². The zero-order valence-electron chi connectivity index (χ0n) is 16.3. The van der Waals surface area contributed by atoms with Gasteiger partial charge < -0.3 is 10.2 Å². The number of carboxylic acids is 1. The number of ketones is 1. The topological polar surface area (TPSA) is 74.6 Å². The molecule has 2 N–H and O–H groups in total. The van der Waals surface area contributed by atoms with Crippen molar-refractivity contribution in [2.45, 2.75) is 109 Å². The average molecular weight is 355 g/mol. The van der Waals surface area contributed by atoms with Crippen LogP contribution in [-0.4, -0.2) is 27.6 Å². The first-order valence-corrected chi connectivity index (χ1v) is 10.3. The van der Waals surface area contributed by atoms with Crippen LogP contribution in [0.5, 0.6) is 0 Å². The Kier molecular flexibility index (Phi) is 10.3. The van der Waals surface area contributed by atoms with Crippen molar-refractivity contribution in [1.29, 1.82) is 0 Å². The van der Waals surface area contributed by atoms with Gasteiger partial charge in [0, 0.05) is 18.8 Å². The van der Waals surface area contributed by atoms with Crippen LogP contribution in [0.3, 0.4) is 0 Å². The fraction of sp³-hybridized carbons (Fsp3) is 0.905. The molecule has 4 nitrogen and oxygen atoms in total. The van der Waals surface area contributed by atoms with Crippen molar-refractivity contribution in [2.75, 3.05) is 0 Å². The van der Waals surface area contributed by atoms with Crippen molar-refractivity contribution in [2.24, 2.45) is 11.8 Å². The van der Waals surface area contributed by atoms with E-state index in [9.17, 15) is 14.7 Å². The van der Waals surface area contributed by atoms with E-state index in [-0.39, 0.29) is 12.3 Å². The summed E-state index contributed by atoms with van der Waals surface area (Å²) in [6, 6.07) is 0. The third-order valence-electron chi connectivity index (χ3n) is 5.77. The minimum absolute atomic E-state index is 0.172. The molecule has 0 bridgehead atoms. The first kappa shape index (κ1) is 22.1. The number of rotatable bonds is 14. The molecule has 0 unspecified atom stereocenters. The molecule has 0 spiro atoms. The van der Waals surface area contributed by atoms with Crippen molar-refractivity contribution in [3.8, 4) is 0 Å². The fourth-order valence-corrected chi connectivity index (χ4v) is 4.09. The maximum atomic E-state index is 12.2. The quantitative estimate of drug-likeness (QED) is 0.425. The van der Waals surface area contributed by atoms with E-state index in [1.807, 2.05) is 6.92 Å². The van der Waals surface area contributed by atoms with Crippen LogP contribution >= 0.6 is 0 Å². The number of unbranched alkanes of at least 4 members (excludes halogenated alkanes) is 5. The Balaban J connectivity index is 2.28. The molecular formula is C21H38O4. The van der Waals surface area contributed by atoms with Crippen LogP contribution < -0.4 is 0 Å². The number of aliphatic carboxylic acids is 1. The van der Waals surface area contributed by atoms with Crippen LogP contribution in [-0.2, 0) is 9.59 Å². The summed E-state index contributed by atoms with van der Waals surface area (Å²) in [6.07, 6.45) is 12.6. The molecular weight excluding hydrogens is 316 g/mol. The maximum Gasteiger partial charge on any atom is 0.303 e. The molecule has 146 valence electrons. The molecule has 0 saturated heterocycles. The van der Waals surface area contributed by atoms with E-state index in [4.69, 9.17) is 5.11 Å². The summed E-state index contributed by atoms with van der Waals surface area (Å²) >= 11 is 0. The lowest BCUT2D eigenvalue weighted by Crippen LogP contribution is -2.26. The van der Waals surface area contributed by atoms with Gasteiger partial charge in [0.1, 0.15) is 5.78 Å². The van der Waals surface area contributed by atoms with Gasteiger partial charge >= 0.3 is 5.97 Å². The molecule has 1 fully saturated rings. The minimum Gasteiger partial charge on any atom is -0.481 e. The van der Waals surface area contributed by atoms with Gasteiger partial charge in [-0.2, -0.15) is 0 Å². The summed E-state index contributed by atoms with van der Waals surface area (Å²) in [5.41, 5.74) is -0.595. The predicted octanol–water partition coefficient (Wildman–Crippen LogP) is 5.12. The summed E-state index contributed by atoms with van der Waals surface area (Å²) < 4.78 is 0. The number of Topliss-reactive ketones (excluding diaryl/α,β-unsaturated/α-hetero) is 1. The van der Waals surface area contributed by atoms with Crippen molar-refractivity contribution < 1.29 is 19.8 Å². The van der Waals surface area contributed by atoms with E-state index in [1.54, 1.807) is 0 Å². The highest BCUT2D eigenvalue weighted by molar-refractivity contribution is 5.83. The largest absolute Gasteiger partial charge is 0.481 e. The Hall–Kier alpha value is -0.900. The average Bonchev–Trinajstić information content (AvgIpc) is 2.89. The number of carboxylic acid groups (broad SMARTS) is 1. The molecule has 25 heavy (non-hydrogen) atoms. The summed E-state index contributed by atoms with van der Waals surface area (Å²) in [5, 5.41) is 19.2. The van der Waals surface area contributed by atoms with E-state index >= 15 is 0 Å². The summed E-state index contributed by atoms with van der Waals surface area (Å²) in [4.78, 5) is 22.7. The first-order chi connectivity index (χ1) is 11.9. The number of carbonyl (C=O) groups is 2. The summed E-state index contributed by atoms with van der Waals surface area (Å²) in [7, 11) is 0. The molecule has 3 atom stereocenters. The Labute approximate surface area is 153 Å². The summed E-state index contributed by atoms with van der Waals surface area (Å²) in [5.74, 6) is 0.285. The Bertz CT molecular complexity index is 403. The molecule has 1 saturated carbocycles. The smallest absolute Gasteiger partial charge is 0.303 e. The second-order valence-electron chi connectivity index (χ2n) is 8.21. The second-order valence-corrected chi connectivity index (χ2v) is 8.21. The SMILES string of the molecule is CCCCC[C@](C)(O)CC[C@@H]1CCC(=O)[C@@H]1CCCCCCC(=O)O. The van der Waals surface area contributed by atoms with Gasteiger partial charge in [-0.25, -0.2) is 0 Å². The third kappa shape index (κ3) is 9.39. The second kappa shape index (κ2) is 11.7. The molecule has 1 aliphatic rings. The lowest BCUT2D eigenvalue weighted by Gasteiger charge is -2.26. The van der Waals surface area contributed by atoms with E-state index in [1.165, 1.54) is 12.8 Å². The Morgan fingerprint density at radius 3 is 2.48 bits per heavy atom. The highest BCUT2D eigenvalue weighted by Gasteiger charge is 2.35. The number of carbonyl (C=O) groups excluding carboxylic acids is 1. The molecule has 0 radical (unpaired) electrons. The van der Waals surface area contributed by atoms with E-state index < -0.39 is 11.6 Å². The molecule has 4 heteroatoms. The van der Waals surface area contributed by atoms with Gasteiger partial charge in [0.25, 0.3) is 0 Å². The lowest BCUT2D eigenvalue weighted by molar-refractivity contribution is -0.137. The maximum absolute atomic E-state index is 12.2. The van der Waals surface area contributed by atoms with Crippen molar-refractivity contribution in [3.05, 3.63) is 0 Å². The number of hydrogen-bond acceptors (Lipinski definition) is 3. The summed E-state index contributed by atoms with van der Waals surface area (Å²) in [6.45, 7) is 4.11. The molecule has 1 rings (SSSR count). The Morgan fingerprint density at radius 1 is 1.08 bits per heavy atom. The van der Waals surface area contributed by atoms with Gasteiger partial charge in [-0.3, -0.25) is 9.59 Å². The zero-order valence-corrected chi connectivity index (χ0v) is 16.3. The normalized spacial score (nSPS) is 22.9. The molecule has 0 aliphatic heterocycles.